The standard InChI is InChI=1S/C40H31ClFN3O9/c1-54-31-4-2-3-29(46)33(31)34-24-15-16-26-32(37(50)44(35(26)48)23-13-14-25(38(51)52)30(47)17-23)27(24)18-28-36(49)45(43-22-11-9-21(42)10-12-22)39(53)40(28,34)19-5-7-20(41)8-6-19/h2-15,17,26-28,32,34,43,46-47H,16,18H2,1H3,(H,51,52). The molecule has 274 valence electrons. The number of benzene rings is 4. The number of hydrazine groups is 1. The number of halogens is 2. The zero-order valence-electron chi connectivity index (χ0n) is 28.4. The van der Waals surface area contributed by atoms with E-state index in [0.29, 0.717) is 16.2 Å². The Balaban J connectivity index is 1.33. The Hall–Kier alpha value is -6.21. The highest BCUT2D eigenvalue weighted by molar-refractivity contribution is 6.30. The normalized spacial score (nSPS) is 25.9. The third-order valence-electron chi connectivity index (χ3n) is 11.3. The van der Waals surface area contributed by atoms with Gasteiger partial charge in [-0.3, -0.25) is 24.6 Å². The Labute approximate surface area is 312 Å². The molecule has 4 amide bonds. The number of carbonyl (C=O) groups excluding carboxylic acids is 4. The van der Waals surface area contributed by atoms with Gasteiger partial charge in [-0.15, -0.1) is 0 Å². The van der Waals surface area contributed by atoms with Crippen LogP contribution in [0.2, 0.25) is 5.02 Å². The molecule has 4 aromatic rings. The summed E-state index contributed by atoms with van der Waals surface area (Å²) in [5.41, 5.74) is 2.08. The van der Waals surface area contributed by atoms with Crippen LogP contribution in [0.1, 0.15) is 40.2 Å². The predicted octanol–water partition coefficient (Wildman–Crippen LogP) is 5.79. The average molecular weight is 752 g/mol. The third kappa shape index (κ3) is 4.98. The van der Waals surface area contributed by atoms with Crippen molar-refractivity contribution in [2.75, 3.05) is 17.4 Å². The molecule has 2 saturated heterocycles. The maximum Gasteiger partial charge on any atom is 0.339 e. The monoisotopic (exact) mass is 751 g/mol. The Morgan fingerprint density at radius 3 is 2.30 bits per heavy atom. The van der Waals surface area contributed by atoms with Crippen molar-refractivity contribution in [1.29, 1.82) is 0 Å². The van der Waals surface area contributed by atoms with Crippen molar-refractivity contribution >= 4 is 52.6 Å². The molecular formula is C40H31ClFN3O9. The molecule has 12 nitrogen and oxygen atoms in total. The molecule has 0 spiro atoms. The summed E-state index contributed by atoms with van der Waals surface area (Å²) in [6, 6.07) is 19.6. The molecule has 4 N–H and O–H groups in total. The smallest absolute Gasteiger partial charge is 0.339 e. The highest BCUT2D eigenvalue weighted by atomic mass is 35.5. The number of imide groups is 2. The van der Waals surface area contributed by atoms with Gasteiger partial charge in [-0.2, -0.15) is 5.01 Å². The first kappa shape index (κ1) is 34.9. The second-order valence-corrected chi connectivity index (χ2v) is 14.2. The van der Waals surface area contributed by atoms with E-state index >= 15 is 4.79 Å². The fourth-order valence-electron chi connectivity index (χ4n) is 9.06. The molecular weight excluding hydrogens is 721 g/mol. The Morgan fingerprint density at radius 2 is 1.63 bits per heavy atom. The first-order chi connectivity index (χ1) is 25.9. The maximum atomic E-state index is 15.3. The van der Waals surface area contributed by atoms with E-state index in [1.165, 1.54) is 43.5 Å². The molecule has 0 radical (unpaired) electrons. The number of anilines is 2. The number of fused-ring (bicyclic) bond motifs is 4. The molecule has 3 fully saturated rings. The zero-order chi connectivity index (χ0) is 38.2. The van der Waals surface area contributed by atoms with Crippen molar-refractivity contribution in [3.05, 3.63) is 124 Å². The Bertz CT molecular complexity index is 2310. The number of phenols is 2. The molecule has 8 rings (SSSR count). The fourth-order valence-corrected chi connectivity index (χ4v) is 9.19. The highest BCUT2D eigenvalue weighted by Crippen LogP contribution is 2.66. The number of aromatic hydroxyl groups is 2. The van der Waals surface area contributed by atoms with Crippen LogP contribution in [0, 0.1) is 29.5 Å². The Kier molecular flexibility index (Phi) is 8.22. The first-order valence-corrected chi connectivity index (χ1v) is 17.4. The van der Waals surface area contributed by atoms with E-state index in [1.807, 2.05) is 0 Å². The van der Waals surface area contributed by atoms with Gasteiger partial charge in [-0.25, -0.2) is 14.1 Å². The van der Waals surface area contributed by atoms with Gasteiger partial charge >= 0.3 is 5.97 Å². The summed E-state index contributed by atoms with van der Waals surface area (Å²) < 4.78 is 19.7. The van der Waals surface area contributed by atoms with Crippen LogP contribution in [0.25, 0.3) is 0 Å². The van der Waals surface area contributed by atoms with E-state index in [9.17, 15) is 38.9 Å². The number of nitrogens with one attached hydrogen (secondary N) is 1. The summed E-state index contributed by atoms with van der Waals surface area (Å²) in [5.74, 6) is -10.1. The average Bonchev–Trinajstić information content (AvgIpc) is 3.53. The second-order valence-electron chi connectivity index (χ2n) is 13.8. The number of allylic oxidation sites excluding steroid dienone is 2. The van der Waals surface area contributed by atoms with Crippen molar-refractivity contribution in [3.8, 4) is 17.2 Å². The van der Waals surface area contributed by atoms with Crippen molar-refractivity contribution in [2.24, 2.45) is 23.7 Å². The lowest BCUT2D eigenvalue weighted by molar-refractivity contribution is -0.138. The summed E-state index contributed by atoms with van der Waals surface area (Å²) in [6.07, 6.45) is 1.79. The molecule has 6 unspecified atom stereocenters. The number of carbonyl (C=O) groups is 5. The largest absolute Gasteiger partial charge is 0.508 e. The molecule has 6 atom stereocenters. The minimum absolute atomic E-state index is 0.0181. The summed E-state index contributed by atoms with van der Waals surface area (Å²) in [5, 5.41) is 32.8. The number of hydrogen-bond donors (Lipinski definition) is 4. The van der Waals surface area contributed by atoms with Crippen LogP contribution in [0.5, 0.6) is 17.2 Å². The summed E-state index contributed by atoms with van der Waals surface area (Å²) in [6.45, 7) is 0. The van der Waals surface area contributed by atoms with Crippen molar-refractivity contribution in [1.82, 2.24) is 5.01 Å². The zero-order valence-corrected chi connectivity index (χ0v) is 29.2. The number of amides is 4. The van der Waals surface area contributed by atoms with E-state index in [1.54, 1.807) is 42.5 Å². The first-order valence-electron chi connectivity index (χ1n) is 17.0. The molecule has 2 aliphatic carbocycles. The van der Waals surface area contributed by atoms with E-state index in [2.05, 4.69) is 5.43 Å². The molecule has 0 bridgehead atoms. The SMILES string of the molecule is COc1cccc(O)c1C1C2=CCC3C(=O)N(c4ccc(C(=O)O)c(O)c4)C(=O)C3C2CC2C(=O)N(Nc3ccc(F)cc3)C(=O)C21c1ccc(Cl)cc1. The molecule has 2 heterocycles. The maximum absolute atomic E-state index is 15.3. The van der Waals surface area contributed by atoms with Gasteiger partial charge < -0.3 is 20.1 Å². The van der Waals surface area contributed by atoms with Gasteiger partial charge in [-0.1, -0.05) is 41.4 Å². The third-order valence-corrected chi connectivity index (χ3v) is 11.5. The predicted molar refractivity (Wildman–Crippen MR) is 191 cm³/mol. The minimum atomic E-state index is -1.75. The van der Waals surface area contributed by atoms with Gasteiger partial charge in [-0.05, 0) is 85.0 Å². The van der Waals surface area contributed by atoms with Crippen LogP contribution in [0.3, 0.4) is 0 Å². The number of methoxy groups -OCH3 is 1. The van der Waals surface area contributed by atoms with Gasteiger partial charge in [0.2, 0.25) is 11.8 Å². The van der Waals surface area contributed by atoms with Gasteiger partial charge in [0, 0.05) is 22.6 Å². The van der Waals surface area contributed by atoms with E-state index in [-0.39, 0.29) is 41.3 Å². The number of rotatable bonds is 7. The van der Waals surface area contributed by atoms with Crippen molar-refractivity contribution < 1.29 is 48.4 Å². The number of ether oxygens (including phenoxy) is 1. The van der Waals surface area contributed by atoms with Crippen LogP contribution < -0.4 is 15.1 Å². The van der Waals surface area contributed by atoms with Crippen LogP contribution >= 0.6 is 11.6 Å². The summed E-state index contributed by atoms with van der Waals surface area (Å²) in [7, 11) is 1.41. The number of carboxylic acid groups (broad SMARTS) is 1. The molecule has 14 heteroatoms. The van der Waals surface area contributed by atoms with E-state index < -0.39 is 81.7 Å². The lowest BCUT2D eigenvalue weighted by Crippen LogP contribution is -2.53. The molecule has 54 heavy (non-hydrogen) atoms. The minimum Gasteiger partial charge on any atom is -0.508 e. The van der Waals surface area contributed by atoms with Crippen molar-refractivity contribution in [2.45, 2.75) is 24.2 Å². The van der Waals surface area contributed by atoms with Crippen LogP contribution in [-0.4, -0.2) is 57.0 Å². The van der Waals surface area contributed by atoms with Crippen LogP contribution in [0.15, 0.2) is 96.6 Å². The number of phenolic OH excluding ortho intramolecular Hbond substituents is 1. The molecule has 0 aromatic heterocycles. The lowest BCUT2D eigenvalue weighted by atomic mass is 9.49. The number of carboxylic acids is 1. The second kappa shape index (κ2) is 12.7. The number of nitrogens with zero attached hydrogens (tertiary/aromatic N) is 2. The molecule has 2 aliphatic heterocycles. The lowest BCUT2D eigenvalue weighted by Gasteiger charge is -2.50. The van der Waals surface area contributed by atoms with E-state index in [4.69, 9.17) is 16.3 Å². The van der Waals surface area contributed by atoms with Gasteiger partial charge in [0.1, 0.15) is 28.6 Å². The van der Waals surface area contributed by atoms with Gasteiger partial charge in [0.15, 0.2) is 0 Å². The van der Waals surface area contributed by atoms with Crippen LogP contribution in [0.4, 0.5) is 15.8 Å². The number of aromatic carboxylic acids is 1. The molecule has 4 aromatic carbocycles. The fraction of sp³-hybridized carbons (Fsp3) is 0.225. The summed E-state index contributed by atoms with van der Waals surface area (Å²) in [4.78, 5) is 71.1. The Morgan fingerprint density at radius 1 is 0.907 bits per heavy atom. The highest BCUT2D eigenvalue weighted by Gasteiger charge is 2.71. The van der Waals surface area contributed by atoms with E-state index in [0.717, 1.165) is 22.0 Å². The summed E-state index contributed by atoms with van der Waals surface area (Å²) >= 11 is 6.34. The topological polar surface area (TPSA) is 174 Å². The van der Waals surface area contributed by atoms with Crippen molar-refractivity contribution in [3.63, 3.8) is 0 Å². The number of hydrogen-bond acceptors (Lipinski definition) is 9. The quantitative estimate of drug-likeness (QED) is 0.134. The van der Waals surface area contributed by atoms with Gasteiger partial charge in [0.25, 0.3) is 11.8 Å². The molecule has 4 aliphatic rings. The van der Waals surface area contributed by atoms with Crippen LogP contribution in [-0.2, 0) is 24.6 Å². The van der Waals surface area contributed by atoms with Gasteiger partial charge in [0.05, 0.1) is 41.7 Å². The molecule has 1 saturated carbocycles.